The molecule has 0 aromatic heterocycles. The highest BCUT2D eigenvalue weighted by atomic mass is 16.2. The van der Waals surface area contributed by atoms with Crippen LogP contribution in [-0.4, -0.2) is 64.8 Å². The molecule has 0 unspecified atom stereocenters. The fraction of sp³-hybridized carbons (Fsp3) is 0.750. The van der Waals surface area contributed by atoms with E-state index in [0.29, 0.717) is 12.8 Å². The first-order valence-electron chi connectivity index (χ1n) is 8.23. The fourth-order valence-electron chi connectivity index (χ4n) is 3.15. The SMILES string of the molecule is CN(CC(=O)NC(C)(C)C)C(=O)CN1C(=O)NC2(CCCC2)C1=O. The van der Waals surface area contributed by atoms with Crippen molar-refractivity contribution >= 4 is 23.8 Å². The quantitative estimate of drug-likeness (QED) is 0.717. The summed E-state index contributed by atoms with van der Waals surface area (Å²) in [6.45, 7) is 5.08. The molecule has 1 heterocycles. The minimum Gasteiger partial charge on any atom is -0.350 e. The molecule has 2 fully saturated rings. The van der Waals surface area contributed by atoms with E-state index in [1.165, 1.54) is 11.9 Å². The normalized spacial score (nSPS) is 19.6. The Morgan fingerprint density at radius 2 is 1.83 bits per heavy atom. The molecule has 0 radical (unpaired) electrons. The van der Waals surface area contributed by atoms with Crippen LogP contribution in [0.15, 0.2) is 0 Å². The summed E-state index contributed by atoms with van der Waals surface area (Å²) in [5.74, 6) is -1.06. The van der Waals surface area contributed by atoms with E-state index in [1.54, 1.807) is 0 Å². The smallest absolute Gasteiger partial charge is 0.325 e. The number of nitrogens with one attached hydrogen (secondary N) is 2. The lowest BCUT2D eigenvalue weighted by atomic mass is 9.98. The fourth-order valence-corrected chi connectivity index (χ4v) is 3.15. The lowest BCUT2D eigenvalue weighted by Crippen LogP contribution is -2.49. The molecule has 0 atom stereocenters. The molecule has 2 rings (SSSR count). The molecule has 1 aliphatic heterocycles. The van der Waals surface area contributed by atoms with Crippen molar-refractivity contribution in [2.45, 2.75) is 57.5 Å². The van der Waals surface area contributed by atoms with Gasteiger partial charge in [0.1, 0.15) is 12.1 Å². The number of nitrogens with zero attached hydrogens (tertiary/aromatic N) is 2. The molecule has 1 spiro atoms. The summed E-state index contributed by atoms with van der Waals surface area (Å²) in [4.78, 5) is 50.9. The van der Waals surface area contributed by atoms with Gasteiger partial charge < -0.3 is 15.5 Å². The number of rotatable bonds is 4. The highest BCUT2D eigenvalue weighted by Crippen LogP contribution is 2.34. The minimum atomic E-state index is -0.820. The van der Waals surface area contributed by atoms with Crippen LogP contribution in [0.1, 0.15) is 46.5 Å². The largest absolute Gasteiger partial charge is 0.350 e. The molecule has 8 nitrogen and oxygen atoms in total. The second-order valence-corrected chi connectivity index (χ2v) is 7.66. The maximum Gasteiger partial charge on any atom is 0.325 e. The van der Waals surface area contributed by atoms with Gasteiger partial charge in [0.25, 0.3) is 5.91 Å². The molecule has 5 amide bonds. The number of likely N-dealkylation sites (N-methyl/N-ethyl adjacent to an activating group) is 1. The van der Waals surface area contributed by atoms with Gasteiger partial charge in [-0.25, -0.2) is 4.79 Å². The third-order valence-electron chi connectivity index (χ3n) is 4.32. The monoisotopic (exact) mass is 338 g/mol. The topological polar surface area (TPSA) is 98.8 Å². The first-order valence-corrected chi connectivity index (χ1v) is 8.23. The number of hydrogen-bond donors (Lipinski definition) is 2. The van der Waals surface area contributed by atoms with Crippen molar-refractivity contribution in [3.63, 3.8) is 0 Å². The zero-order valence-electron chi connectivity index (χ0n) is 14.8. The van der Waals surface area contributed by atoms with E-state index in [0.717, 1.165) is 17.7 Å². The maximum atomic E-state index is 12.5. The van der Waals surface area contributed by atoms with E-state index in [4.69, 9.17) is 0 Å². The molecule has 1 saturated heterocycles. The van der Waals surface area contributed by atoms with Gasteiger partial charge in [-0.15, -0.1) is 0 Å². The molecule has 0 bridgehead atoms. The summed E-state index contributed by atoms with van der Waals surface area (Å²) in [7, 11) is 1.48. The van der Waals surface area contributed by atoms with Gasteiger partial charge in [0.05, 0.1) is 6.54 Å². The van der Waals surface area contributed by atoms with Crippen LogP contribution >= 0.6 is 0 Å². The van der Waals surface area contributed by atoms with E-state index in [9.17, 15) is 19.2 Å². The van der Waals surface area contributed by atoms with Gasteiger partial charge in [0, 0.05) is 12.6 Å². The number of imide groups is 1. The second kappa shape index (κ2) is 6.41. The predicted octanol–water partition coefficient (Wildman–Crippen LogP) is 0.224. The maximum absolute atomic E-state index is 12.5. The number of hydrogen-bond acceptors (Lipinski definition) is 4. The lowest BCUT2D eigenvalue weighted by molar-refractivity contribution is -0.139. The van der Waals surface area contributed by atoms with Crippen molar-refractivity contribution < 1.29 is 19.2 Å². The highest BCUT2D eigenvalue weighted by molar-refractivity contribution is 6.09. The molecular formula is C16H26N4O4. The summed E-state index contributed by atoms with van der Waals surface area (Å²) in [5.41, 5.74) is -1.21. The summed E-state index contributed by atoms with van der Waals surface area (Å²) in [5, 5.41) is 5.50. The highest BCUT2D eigenvalue weighted by Gasteiger charge is 2.52. The molecule has 134 valence electrons. The number of carbonyl (C=O) groups is 4. The molecule has 24 heavy (non-hydrogen) atoms. The van der Waals surface area contributed by atoms with Gasteiger partial charge in [-0.3, -0.25) is 19.3 Å². The van der Waals surface area contributed by atoms with Gasteiger partial charge in [-0.2, -0.15) is 0 Å². The van der Waals surface area contributed by atoms with Crippen molar-refractivity contribution in [2.24, 2.45) is 0 Å². The summed E-state index contributed by atoms with van der Waals surface area (Å²) >= 11 is 0. The molecule has 1 saturated carbocycles. The van der Waals surface area contributed by atoms with Crippen molar-refractivity contribution in [2.75, 3.05) is 20.1 Å². The van der Waals surface area contributed by atoms with Gasteiger partial charge >= 0.3 is 6.03 Å². The van der Waals surface area contributed by atoms with E-state index >= 15 is 0 Å². The number of amides is 5. The van der Waals surface area contributed by atoms with E-state index in [1.807, 2.05) is 20.8 Å². The Morgan fingerprint density at radius 1 is 1.25 bits per heavy atom. The Balaban J connectivity index is 1.93. The van der Waals surface area contributed by atoms with Gasteiger partial charge in [0.15, 0.2) is 0 Å². The summed E-state index contributed by atoms with van der Waals surface area (Å²) < 4.78 is 0. The van der Waals surface area contributed by atoms with Crippen molar-refractivity contribution in [1.29, 1.82) is 0 Å². The Labute approximate surface area is 141 Å². The Bertz CT molecular complexity index is 561. The van der Waals surface area contributed by atoms with Gasteiger partial charge in [0.2, 0.25) is 11.8 Å². The van der Waals surface area contributed by atoms with Crippen LogP contribution in [0.5, 0.6) is 0 Å². The first kappa shape index (κ1) is 18.2. The Morgan fingerprint density at radius 3 is 2.38 bits per heavy atom. The average Bonchev–Trinajstić information content (AvgIpc) is 2.98. The van der Waals surface area contributed by atoms with Crippen molar-refractivity contribution in [3.8, 4) is 0 Å². The molecule has 2 aliphatic rings. The number of carbonyl (C=O) groups excluding carboxylic acids is 4. The van der Waals surface area contributed by atoms with Crippen LogP contribution in [0, 0.1) is 0 Å². The zero-order valence-corrected chi connectivity index (χ0v) is 14.8. The van der Waals surface area contributed by atoms with E-state index in [-0.39, 0.29) is 30.4 Å². The first-order chi connectivity index (χ1) is 11.0. The van der Waals surface area contributed by atoms with Crippen molar-refractivity contribution in [3.05, 3.63) is 0 Å². The van der Waals surface area contributed by atoms with E-state index in [2.05, 4.69) is 10.6 Å². The molecular weight excluding hydrogens is 312 g/mol. The second-order valence-electron chi connectivity index (χ2n) is 7.66. The van der Waals surface area contributed by atoms with Crippen LogP contribution in [0.25, 0.3) is 0 Å². The van der Waals surface area contributed by atoms with Crippen LogP contribution in [0.2, 0.25) is 0 Å². The Kier molecular flexibility index (Phi) is 4.87. The third kappa shape index (κ3) is 3.85. The van der Waals surface area contributed by atoms with Gasteiger partial charge in [-0.1, -0.05) is 12.8 Å². The van der Waals surface area contributed by atoms with Crippen LogP contribution in [0.4, 0.5) is 4.79 Å². The molecule has 1 aliphatic carbocycles. The molecule has 0 aromatic rings. The standard InChI is InChI=1S/C16H26N4O4/c1-15(2,3)17-11(21)9-19(4)12(22)10-20-13(23)16(18-14(20)24)7-5-6-8-16/h5-10H2,1-4H3,(H,17,21)(H,18,24). The van der Waals surface area contributed by atoms with Crippen LogP contribution < -0.4 is 10.6 Å². The number of urea groups is 1. The molecule has 8 heteroatoms. The summed E-state index contributed by atoms with van der Waals surface area (Å²) in [6, 6.07) is -0.525. The van der Waals surface area contributed by atoms with E-state index < -0.39 is 17.5 Å². The molecule has 2 N–H and O–H groups in total. The summed E-state index contributed by atoms with van der Waals surface area (Å²) in [6.07, 6.45) is 3.01. The van der Waals surface area contributed by atoms with Crippen LogP contribution in [-0.2, 0) is 14.4 Å². The zero-order chi connectivity index (χ0) is 18.1. The Hall–Kier alpha value is -2.12. The lowest BCUT2D eigenvalue weighted by Gasteiger charge is -2.24. The predicted molar refractivity (Wildman–Crippen MR) is 87.0 cm³/mol. The minimum absolute atomic E-state index is 0.120. The third-order valence-corrected chi connectivity index (χ3v) is 4.32. The molecule has 0 aromatic carbocycles. The van der Waals surface area contributed by atoms with Crippen LogP contribution in [0.3, 0.4) is 0 Å². The van der Waals surface area contributed by atoms with Gasteiger partial charge in [-0.05, 0) is 33.6 Å². The average molecular weight is 338 g/mol. The van der Waals surface area contributed by atoms with Crippen molar-refractivity contribution in [1.82, 2.24) is 20.4 Å².